The molecule has 0 saturated heterocycles. The number of pyridine rings is 1. The van der Waals surface area contributed by atoms with Crippen molar-refractivity contribution in [2.45, 2.75) is 0 Å². The Morgan fingerprint density at radius 1 is 1.25 bits per heavy atom. The summed E-state index contributed by atoms with van der Waals surface area (Å²) < 4.78 is 0. The number of hydrogen-bond donors (Lipinski definition) is 4. The van der Waals surface area contributed by atoms with Gasteiger partial charge in [0.2, 0.25) is 5.95 Å². The number of H-pyrrole nitrogens is 1. The molecule has 2 aromatic heterocycles. The number of nitrogens with zero attached hydrogens (tertiary/aromatic N) is 2. The molecule has 0 aliphatic heterocycles. The van der Waals surface area contributed by atoms with Crippen LogP contribution in [0.4, 0.5) is 11.8 Å². The van der Waals surface area contributed by atoms with Crippen molar-refractivity contribution in [3.05, 3.63) is 48.2 Å². The standard InChI is InChI=1S/C13H12N6O/c14-19-11-7-8(5-6-15-11)12(20)18-13-16-9-3-1-2-4-10(9)17-13/h1-7H,14H2,(H,15,19)(H2,16,17,18,20). The number of aromatic amines is 1. The number of carbonyl (C=O) groups excluding carboxylic acids is 1. The molecule has 0 aliphatic rings. The molecule has 0 fully saturated rings. The number of nitrogens with two attached hydrogens (primary N) is 1. The van der Waals surface area contributed by atoms with Crippen LogP contribution in [0.3, 0.4) is 0 Å². The summed E-state index contributed by atoms with van der Waals surface area (Å²) >= 11 is 0. The van der Waals surface area contributed by atoms with E-state index in [4.69, 9.17) is 5.84 Å². The second-order valence-electron chi connectivity index (χ2n) is 4.13. The van der Waals surface area contributed by atoms with Gasteiger partial charge in [-0.2, -0.15) is 0 Å². The summed E-state index contributed by atoms with van der Waals surface area (Å²) in [5, 5.41) is 2.70. The first-order valence-electron chi connectivity index (χ1n) is 5.95. The van der Waals surface area contributed by atoms with E-state index in [-0.39, 0.29) is 5.91 Å². The first kappa shape index (κ1) is 12.1. The molecule has 0 radical (unpaired) electrons. The molecule has 0 saturated carbocycles. The highest BCUT2D eigenvalue weighted by Gasteiger charge is 2.09. The number of nitrogens with one attached hydrogen (secondary N) is 3. The predicted molar refractivity (Wildman–Crippen MR) is 76.1 cm³/mol. The van der Waals surface area contributed by atoms with Gasteiger partial charge < -0.3 is 10.4 Å². The first-order valence-corrected chi connectivity index (χ1v) is 5.95. The Morgan fingerprint density at radius 2 is 2.10 bits per heavy atom. The number of hydrazine groups is 1. The lowest BCUT2D eigenvalue weighted by Crippen LogP contribution is -2.15. The summed E-state index contributed by atoms with van der Waals surface area (Å²) in [7, 11) is 0. The van der Waals surface area contributed by atoms with Gasteiger partial charge in [0.15, 0.2) is 0 Å². The van der Waals surface area contributed by atoms with E-state index >= 15 is 0 Å². The summed E-state index contributed by atoms with van der Waals surface area (Å²) in [6, 6.07) is 10.7. The molecule has 0 aliphatic carbocycles. The van der Waals surface area contributed by atoms with E-state index in [0.29, 0.717) is 17.3 Å². The zero-order valence-electron chi connectivity index (χ0n) is 10.4. The number of benzene rings is 1. The van der Waals surface area contributed by atoms with Crippen molar-refractivity contribution in [2.24, 2.45) is 5.84 Å². The van der Waals surface area contributed by atoms with Gasteiger partial charge in [0.25, 0.3) is 5.91 Å². The van der Waals surface area contributed by atoms with Gasteiger partial charge in [-0.1, -0.05) is 12.1 Å². The number of anilines is 2. The maximum atomic E-state index is 12.1. The third kappa shape index (κ3) is 2.29. The minimum Gasteiger partial charge on any atom is -0.324 e. The van der Waals surface area contributed by atoms with Crippen LogP contribution in [0.5, 0.6) is 0 Å². The number of rotatable bonds is 3. The zero-order valence-corrected chi connectivity index (χ0v) is 10.4. The number of para-hydroxylation sites is 2. The van der Waals surface area contributed by atoms with Crippen LogP contribution in [-0.4, -0.2) is 20.9 Å². The zero-order chi connectivity index (χ0) is 13.9. The van der Waals surface area contributed by atoms with Crippen molar-refractivity contribution < 1.29 is 4.79 Å². The minimum absolute atomic E-state index is 0.289. The molecular formula is C13H12N6O. The predicted octanol–water partition coefficient (Wildman–Crippen LogP) is 1.50. The molecule has 3 aromatic rings. The maximum absolute atomic E-state index is 12.1. The van der Waals surface area contributed by atoms with E-state index in [9.17, 15) is 4.79 Å². The number of imidazole rings is 1. The summed E-state index contributed by atoms with van der Waals surface area (Å²) in [5.74, 6) is 5.79. The molecule has 7 nitrogen and oxygen atoms in total. The van der Waals surface area contributed by atoms with Crippen molar-refractivity contribution in [2.75, 3.05) is 10.7 Å². The lowest BCUT2D eigenvalue weighted by molar-refractivity contribution is 0.102. The van der Waals surface area contributed by atoms with Gasteiger partial charge in [0.05, 0.1) is 11.0 Å². The molecule has 7 heteroatoms. The van der Waals surface area contributed by atoms with Crippen molar-refractivity contribution in [1.82, 2.24) is 15.0 Å². The number of amides is 1. The van der Waals surface area contributed by atoms with Crippen LogP contribution in [0.25, 0.3) is 11.0 Å². The number of hydrogen-bond acceptors (Lipinski definition) is 5. The van der Waals surface area contributed by atoms with Gasteiger partial charge >= 0.3 is 0 Å². The normalized spacial score (nSPS) is 10.4. The van der Waals surface area contributed by atoms with Gasteiger partial charge in [-0.3, -0.25) is 10.1 Å². The molecule has 0 atom stereocenters. The lowest BCUT2D eigenvalue weighted by Gasteiger charge is -2.03. The van der Waals surface area contributed by atoms with Crippen LogP contribution in [0.15, 0.2) is 42.6 Å². The number of nitrogen functional groups attached to an aromatic ring is 1. The summed E-state index contributed by atoms with van der Waals surface area (Å²) in [6.07, 6.45) is 1.50. The topological polar surface area (TPSA) is 109 Å². The van der Waals surface area contributed by atoms with E-state index in [1.54, 1.807) is 12.1 Å². The smallest absolute Gasteiger partial charge is 0.258 e. The molecule has 0 unspecified atom stereocenters. The maximum Gasteiger partial charge on any atom is 0.258 e. The fourth-order valence-corrected chi connectivity index (χ4v) is 1.84. The van der Waals surface area contributed by atoms with Crippen LogP contribution < -0.4 is 16.6 Å². The summed E-state index contributed by atoms with van der Waals surface area (Å²) in [6.45, 7) is 0. The monoisotopic (exact) mass is 268 g/mol. The molecule has 5 N–H and O–H groups in total. The molecule has 20 heavy (non-hydrogen) atoms. The Balaban J connectivity index is 1.84. The number of carbonyl (C=O) groups is 1. The summed E-state index contributed by atoms with van der Waals surface area (Å²) in [4.78, 5) is 23.3. The van der Waals surface area contributed by atoms with Crippen LogP contribution in [0.1, 0.15) is 10.4 Å². The summed E-state index contributed by atoms with van der Waals surface area (Å²) in [5.41, 5.74) is 4.49. The molecule has 2 heterocycles. The Morgan fingerprint density at radius 3 is 2.90 bits per heavy atom. The molecule has 0 bridgehead atoms. The highest BCUT2D eigenvalue weighted by atomic mass is 16.1. The molecule has 100 valence electrons. The van der Waals surface area contributed by atoms with E-state index in [1.165, 1.54) is 6.20 Å². The SMILES string of the molecule is NNc1cc(C(=O)Nc2nc3ccccc3[nH]2)ccn1. The van der Waals surface area contributed by atoms with Gasteiger partial charge in [-0.15, -0.1) is 0 Å². The average molecular weight is 268 g/mol. The number of fused-ring (bicyclic) bond motifs is 1. The third-order valence-electron chi connectivity index (χ3n) is 2.79. The Kier molecular flexibility index (Phi) is 3.02. The van der Waals surface area contributed by atoms with Gasteiger partial charge in [-0.05, 0) is 24.3 Å². The number of aromatic nitrogens is 3. The van der Waals surface area contributed by atoms with Crippen LogP contribution in [0, 0.1) is 0 Å². The van der Waals surface area contributed by atoms with Crippen molar-refractivity contribution in [1.29, 1.82) is 0 Å². The van der Waals surface area contributed by atoms with E-state index < -0.39 is 0 Å². The minimum atomic E-state index is -0.289. The fourth-order valence-electron chi connectivity index (χ4n) is 1.84. The average Bonchev–Trinajstić information content (AvgIpc) is 2.89. The van der Waals surface area contributed by atoms with Gasteiger partial charge in [0.1, 0.15) is 5.82 Å². The first-order chi connectivity index (χ1) is 9.76. The van der Waals surface area contributed by atoms with Crippen LogP contribution in [-0.2, 0) is 0 Å². The van der Waals surface area contributed by atoms with Crippen LogP contribution >= 0.6 is 0 Å². The third-order valence-corrected chi connectivity index (χ3v) is 2.79. The highest BCUT2D eigenvalue weighted by molar-refractivity contribution is 6.04. The highest BCUT2D eigenvalue weighted by Crippen LogP contribution is 2.14. The van der Waals surface area contributed by atoms with Gasteiger partial charge in [0, 0.05) is 11.8 Å². The van der Waals surface area contributed by atoms with Crippen molar-refractivity contribution in [3.8, 4) is 0 Å². The second kappa shape index (κ2) is 4.98. The van der Waals surface area contributed by atoms with Crippen molar-refractivity contribution >= 4 is 28.7 Å². The Hall–Kier alpha value is -2.93. The van der Waals surface area contributed by atoms with E-state index in [1.807, 2.05) is 24.3 Å². The molecular weight excluding hydrogens is 256 g/mol. The largest absolute Gasteiger partial charge is 0.324 e. The van der Waals surface area contributed by atoms with Crippen LogP contribution in [0.2, 0.25) is 0 Å². The van der Waals surface area contributed by atoms with E-state index in [2.05, 4.69) is 25.7 Å². The lowest BCUT2D eigenvalue weighted by atomic mass is 10.2. The Bertz CT molecular complexity index is 733. The van der Waals surface area contributed by atoms with Gasteiger partial charge in [-0.25, -0.2) is 15.8 Å². The van der Waals surface area contributed by atoms with E-state index in [0.717, 1.165) is 11.0 Å². The quantitative estimate of drug-likeness (QED) is 0.425. The molecule has 1 amide bonds. The van der Waals surface area contributed by atoms with Crippen molar-refractivity contribution in [3.63, 3.8) is 0 Å². The second-order valence-corrected chi connectivity index (χ2v) is 4.13. The fraction of sp³-hybridized carbons (Fsp3) is 0. The molecule has 3 rings (SSSR count). The Labute approximate surface area is 114 Å². The molecule has 1 aromatic carbocycles. The molecule has 0 spiro atoms.